The van der Waals surface area contributed by atoms with Crippen LogP contribution >= 0.6 is 22.6 Å². The predicted molar refractivity (Wildman–Crippen MR) is 141 cm³/mol. The number of anilines is 1. The molecule has 1 saturated carbocycles. The highest BCUT2D eigenvalue weighted by atomic mass is 127. The molecule has 0 aromatic heterocycles. The Kier molecular flexibility index (Phi) is 8.41. The highest BCUT2D eigenvalue weighted by molar-refractivity contribution is 14.1. The first-order valence-electron chi connectivity index (χ1n) is 11.7. The monoisotopic (exact) mass is 621 g/mol. The van der Waals surface area contributed by atoms with Crippen molar-refractivity contribution in [2.24, 2.45) is 0 Å². The van der Waals surface area contributed by atoms with Gasteiger partial charge in [0.05, 0.1) is 10.7 Å². The summed E-state index contributed by atoms with van der Waals surface area (Å²) in [5, 5.41) is 4.88. The van der Waals surface area contributed by atoms with E-state index in [2.05, 4.69) is 10.6 Å². The summed E-state index contributed by atoms with van der Waals surface area (Å²) in [6, 6.07) is 7.67. The number of carbonyl (C=O) groups is 4. The third-order valence-electron chi connectivity index (χ3n) is 6.11. The minimum Gasteiger partial charge on any atom is -0.493 e. The first-order chi connectivity index (χ1) is 17.8. The van der Waals surface area contributed by atoms with Crippen molar-refractivity contribution in [3.05, 3.63) is 56.9 Å². The van der Waals surface area contributed by atoms with E-state index in [0.717, 1.165) is 24.2 Å². The molecule has 2 aromatic carbocycles. The van der Waals surface area contributed by atoms with E-state index in [-0.39, 0.29) is 24.0 Å². The summed E-state index contributed by atoms with van der Waals surface area (Å²) >= 11 is 2.00. The zero-order valence-electron chi connectivity index (χ0n) is 20.0. The van der Waals surface area contributed by atoms with Crippen molar-refractivity contribution in [2.75, 3.05) is 19.0 Å². The number of urea groups is 1. The summed E-state index contributed by atoms with van der Waals surface area (Å²) in [6.07, 6.45) is 5.75. The summed E-state index contributed by atoms with van der Waals surface area (Å²) in [7, 11) is 1.43. The molecule has 1 heterocycles. The Balaban J connectivity index is 1.51. The van der Waals surface area contributed by atoms with Gasteiger partial charge in [-0.3, -0.25) is 24.6 Å². The van der Waals surface area contributed by atoms with Crippen molar-refractivity contribution >= 4 is 58.1 Å². The highest BCUT2D eigenvalue weighted by Crippen LogP contribution is 2.35. The summed E-state index contributed by atoms with van der Waals surface area (Å²) < 4.78 is 24.7. The lowest BCUT2D eigenvalue weighted by atomic mass is 9.93. The van der Waals surface area contributed by atoms with Crippen LogP contribution in [0, 0.1) is 9.39 Å². The number of nitrogens with one attached hydrogen (secondary N) is 2. The lowest BCUT2D eigenvalue weighted by Crippen LogP contribution is -2.58. The fourth-order valence-corrected chi connectivity index (χ4v) is 5.12. The predicted octanol–water partition coefficient (Wildman–Crippen LogP) is 4.25. The van der Waals surface area contributed by atoms with Gasteiger partial charge >= 0.3 is 6.03 Å². The number of rotatable bonds is 7. The van der Waals surface area contributed by atoms with E-state index in [4.69, 9.17) is 9.47 Å². The van der Waals surface area contributed by atoms with Crippen molar-refractivity contribution in [1.29, 1.82) is 0 Å². The van der Waals surface area contributed by atoms with E-state index >= 15 is 0 Å². The Morgan fingerprint density at radius 2 is 1.86 bits per heavy atom. The SMILES string of the molecule is COc1cc(C=C2C(=O)NC(=O)N(C3CCCCC3)C2=O)cc(I)c1OCC(=O)Nc1ccc(F)cc1. The second-order valence-electron chi connectivity index (χ2n) is 8.66. The van der Waals surface area contributed by atoms with E-state index in [9.17, 15) is 23.6 Å². The molecule has 9 nitrogen and oxygen atoms in total. The summed E-state index contributed by atoms with van der Waals surface area (Å²) in [6.45, 7) is -0.330. The molecule has 5 amide bonds. The number of methoxy groups -OCH3 is 1. The molecule has 0 bridgehead atoms. The molecule has 0 unspecified atom stereocenters. The van der Waals surface area contributed by atoms with E-state index in [1.165, 1.54) is 37.5 Å². The summed E-state index contributed by atoms with van der Waals surface area (Å²) in [5.74, 6) is -1.65. The van der Waals surface area contributed by atoms with Gasteiger partial charge in [-0.2, -0.15) is 0 Å². The molecule has 0 radical (unpaired) electrons. The van der Waals surface area contributed by atoms with Gasteiger partial charge in [0.2, 0.25) is 0 Å². The number of halogens is 2. The average molecular weight is 621 g/mol. The van der Waals surface area contributed by atoms with Crippen molar-refractivity contribution in [3.63, 3.8) is 0 Å². The van der Waals surface area contributed by atoms with Gasteiger partial charge in [0.15, 0.2) is 18.1 Å². The van der Waals surface area contributed by atoms with Gasteiger partial charge in [-0.25, -0.2) is 9.18 Å². The standard InChI is InChI=1S/C26H25FIN3O6/c1-36-21-13-15(11-19-24(33)30-26(35)31(25(19)34)18-5-3-2-4-6-18)12-20(28)23(21)37-14-22(32)29-17-9-7-16(27)8-10-17/h7-13,18H,2-6,14H2,1H3,(H,29,32)(H,30,33,35). The highest BCUT2D eigenvalue weighted by Gasteiger charge is 2.40. The molecule has 11 heteroatoms. The molecular weight excluding hydrogens is 596 g/mol. The van der Waals surface area contributed by atoms with E-state index < -0.39 is 29.6 Å². The molecule has 37 heavy (non-hydrogen) atoms. The minimum absolute atomic E-state index is 0.143. The Bertz CT molecular complexity index is 1260. The summed E-state index contributed by atoms with van der Waals surface area (Å²) in [5.41, 5.74) is 0.769. The quantitative estimate of drug-likeness (QED) is 0.272. The maximum Gasteiger partial charge on any atom is 0.331 e. The van der Waals surface area contributed by atoms with E-state index in [0.29, 0.717) is 33.4 Å². The number of hydrogen-bond donors (Lipinski definition) is 2. The molecule has 0 spiro atoms. The molecule has 2 N–H and O–H groups in total. The molecule has 194 valence electrons. The largest absolute Gasteiger partial charge is 0.493 e. The Morgan fingerprint density at radius 1 is 1.16 bits per heavy atom. The molecule has 2 aromatic rings. The van der Waals surface area contributed by atoms with Crippen LogP contribution in [0.3, 0.4) is 0 Å². The topological polar surface area (TPSA) is 114 Å². The number of carbonyl (C=O) groups excluding carboxylic acids is 4. The molecule has 2 fully saturated rings. The number of barbiturate groups is 1. The third kappa shape index (κ3) is 6.27. The Labute approximate surface area is 226 Å². The van der Waals surface area contributed by atoms with Gasteiger partial charge in [0, 0.05) is 11.7 Å². The zero-order chi connectivity index (χ0) is 26.5. The zero-order valence-corrected chi connectivity index (χ0v) is 22.2. The summed E-state index contributed by atoms with van der Waals surface area (Å²) in [4.78, 5) is 51.5. The van der Waals surface area contributed by atoms with Gasteiger partial charge in [-0.1, -0.05) is 19.3 Å². The lowest BCUT2D eigenvalue weighted by molar-refractivity contribution is -0.132. The minimum atomic E-state index is -0.756. The maximum atomic E-state index is 13.2. The number of amides is 5. The fraction of sp³-hybridized carbons (Fsp3) is 0.308. The van der Waals surface area contributed by atoms with Gasteiger partial charge in [-0.05, 0) is 83.5 Å². The smallest absolute Gasteiger partial charge is 0.331 e. The first-order valence-corrected chi connectivity index (χ1v) is 12.8. The van der Waals surface area contributed by atoms with Crippen molar-refractivity contribution in [2.45, 2.75) is 38.1 Å². The van der Waals surface area contributed by atoms with Crippen LogP contribution in [0.25, 0.3) is 6.08 Å². The maximum absolute atomic E-state index is 13.2. The Morgan fingerprint density at radius 3 is 2.54 bits per heavy atom. The first kappa shape index (κ1) is 26.6. The second-order valence-corrected chi connectivity index (χ2v) is 9.82. The van der Waals surface area contributed by atoms with Crippen LogP contribution in [0.15, 0.2) is 42.0 Å². The van der Waals surface area contributed by atoms with Crippen LogP contribution in [0.1, 0.15) is 37.7 Å². The van der Waals surface area contributed by atoms with Crippen LogP contribution < -0.4 is 20.1 Å². The van der Waals surface area contributed by atoms with Crippen LogP contribution in [0.5, 0.6) is 11.5 Å². The number of hydrogen-bond acceptors (Lipinski definition) is 6. The van der Waals surface area contributed by atoms with E-state index in [1.807, 2.05) is 22.6 Å². The average Bonchev–Trinajstić information content (AvgIpc) is 2.87. The van der Waals surface area contributed by atoms with Crippen LogP contribution in [-0.4, -0.2) is 48.4 Å². The molecule has 0 atom stereocenters. The Hall–Kier alpha value is -3.48. The molecular formula is C26H25FIN3O6. The fourth-order valence-electron chi connectivity index (χ4n) is 4.34. The molecule has 4 rings (SSSR count). The van der Waals surface area contributed by atoms with Gasteiger partial charge in [-0.15, -0.1) is 0 Å². The van der Waals surface area contributed by atoms with E-state index in [1.54, 1.807) is 12.1 Å². The second kappa shape index (κ2) is 11.7. The van der Waals surface area contributed by atoms with Gasteiger partial charge in [0.1, 0.15) is 11.4 Å². The van der Waals surface area contributed by atoms with Crippen LogP contribution in [0.4, 0.5) is 14.9 Å². The number of ether oxygens (including phenoxy) is 2. The lowest BCUT2D eigenvalue weighted by Gasteiger charge is -2.35. The van der Waals surface area contributed by atoms with Crippen LogP contribution in [0.2, 0.25) is 0 Å². The van der Waals surface area contributed by atoms with Crippen molar-refractivity contribution in [1.82, 2.24) is 10.2 Å². The van der Waals surface area contributed by atoms with Crippen molar-refractivity contribution in [3.8, 4) is 11.5 Å². The third-order valence-corrected chi connectivity index (χ3v) is 6.91. The number of imide groups is 2. The van der Waals surface area contributed by atoms with Gasteiger partial charge in [0.25, 0.3) is 17.7 Å². The number of nitrogens with zero attached hydrogens (tertiary/aromatic N) is 1. The van der Waals surface area contributed by atoms with Gasteiger partial charge < -0.3 is 14.8 Å². The molecule has 1 aliphatic carbocycles. The molecule has 2 aliphatic rings. The number of benzene rings is 2. The molecule has 1 saturated heterocycles. The van der Waals surface area contributed by atoms with Crippen molar-refractivity contribution < 1.29 is 33.0 Å². The molecule has 1 aliphatic heterocycles. The van der Waals surface area contributed by atoms with Crippen LogP contribution in [-0.2, 0) is 14.4 Å². The normalized spacial score (nSPS) is 17.5.